The van der Waals surface area contributed by atoms with Gasteiger partial charge >= 0.3 is 0 Å². The summed E-state index contributed by atoms with van der Waals surface area (Å²) in [5.41, 5.74) is 0.577. The van der Waals surface area contributed by atoms with Crippen molar-refractivity contribution in [3.63, 3.8) is 0 Å². The number of nitriles is 1. The Labute approximate surface area is 117 Å². The maximum atomic E-state index is 12.1. The van der Waals surface area contributed by atoms with Crippen LogP contribution >= 0.6 is 11.8 Å². The van der Waals surface area contributed by atoms with E-state index in [0.717, 1.165) is 30.6 Å². The summed E-state index contributed by atoms with van der Waals surface area (Å²) in [6.07, 6.45) is 6.19. The number of hydrogen-bond donors (Lipinski definition) is 0. The molecule has 1 saturated carbocycles. The first kappa shape index (κ1) is 13.9. The molecule has 1 aliphatic rings. The highest BCUT2D eigenvalue weighted by Crippen LogP contribution is 2.36. The molecule has 0 bridgehead atoms. The van der Waals surface area contributed by atoms with Crippen molar-refractivity contribution in [2.45, 2.75) is 30.6 Å². The average molecular weight is 275 g/mol. The van der Waals surface area contributed by atoms with Crippen LogP contribution in [0.3, 0.4) is 0 Å². The van der Waals surface area contributed by atoms with Crippen LogP contribution in [-0.4, -0.2) is 34.1 Å². The summed E-state index contributed by atoms with van der Waals surface area (Å²) < 4.78 is 0. The minimum absolute atomic E-state index is 0.0372. The summed E-state index contributed by atoms with van der Waals surface area (Å²) in [4.78, 5) is 17.7. The Hall–Kier alpha value is -1.54. The Morgan fingerprint density at radius 3 is 2.95 bits per heavy atom. The van der Waals surface area contributed by atoms with Gasteiger partial charge in [0, 0.05) is 25.2 Å². The molecule has 2 rings (SSSR count). The van der Waals surface area contributed by atoms with Crippen LogP contribution < -0.4 is 0 Å². The van der Waals surface area contributed by atoms with Crippen LogP contribution in [0.5, 0.6) is 0 Å². The fourth-order valence-corrected chi connectivity index (χ4v) is 2.99. The van der Waals surface area contributed by atoms with Crippen molar-refractivity contribution < 1.29 is 4.79 Å². The Morgan fingerprint density at radius 2 is 2.42 bits per heavy atom. The Bertz CT molecular complexity index is 479. The van der Waals surface area contributed by atoms with Gasteiger partial charge in [0.05, 0.1) is 11.8 Å². The summed E-state index contributed by atoms with van der Waals surface area (Å²) >= 11 is 1.56. The van der Waals surface area contributed by atoms with Crippen molar-refractivity contribution in [2.24, 2.45) is 0 Å². The first-order chi connectivity index (χ1) is 9.18. The summed E-state index contributed by atoms with van der Waals surface area (Å²) in [6.45, 7) is 0. The first-order valence-electron chi connectivity index (χ1n) is 6.32. The van der Waals surface area contributed by atoms with Crippen molar-refractivity contribution in [1.82, 2.24) is 9.88 Å². The van der Waals surface area contributed by atoms with E-state index in [-0.39, 0.29) is 5.91 Å². The molecule has 0 radical (unpaired) electrons. The SMILES string of the molecule is CN(C(=O)CSCc1cccnc1)C1(C#N)CCC1. The smallest absolute Gasteiger partial charge is 0.233 e. The van der Waals surface area contributed by atoms with Crippen molar-refractivity contribution in [1.29, 1.82) is 5.26 Å². The van der Waals surface area contributed by atoms with E-state index in [9.17, 15) is 10.1 Å². The quantitative estimate of drug-likeness (QED) is 0.826. The van der Waals surface area contributed by atoms with E-state index in [1.807, 2.05) is 18.3 Å². The standard InChI is InChI=1S/C14H17N3OS/c1-17(14(11-15)5-3-6-14)13(18)10-19-9-12-4-2-7-16-8-12/h2,4,7-8H,3,5-6,9-10H2,1H3. The monoisotopic (exact) mass is 275 g/mol. The number of amides is 1. The third-order valence-corrected chi connectivity index (χ3v) is 4.61. The Kier molecular flexibility index (Phi) is 4.43. The molecule has 0 N–H and O–H groups in total. The molecule has 19 heavy (non-hydrogen) atoms. The van der Waals surface area contributed by atoms with Gasteiger partial charge in [0.25, 0.3) is 0 Å². The maximum absolute atomic E-state index is 12.1. The predicted molar refractivity (Wildman–Crippen MR) is 75.4 cm³/mol. The topological polar surface area (TPSA) is 57.0 Å². The largest absolute Gasteiger partial charge is 0.326 e. The number of thioether (sulfide) groups is 1. The van der Waals surface area contributed by atoms with Crippen molar-refractivity contribution in [3.8, 4) is 6.07 Å². The lowest BCUT2D eigenvalue weighted by atomic mass is 9.77. The third-order valence-electron chi connectivity index (χ3n) is 3.62. The number of aromatic nitrogens is 1. The summed E-state index contributed by atoms with van der Waals surface area (Å²) in [5, 5.41) is 9.20. The molecule has 1 fully saturated rings. The van der Waals surface area contributed by atoms with Crippen LogP contribution in [0.15, 0.2) is 24.5 Å². The molecule has 1 aromatic heterocycles. The van der Waals surface area contributed by atoms with Crippen LogP contribution in [-0.2, 0) is 10.5 Å². The Morgan fingerprint density at radius 1 is 1.63 bits per heavy atom. The van der Waals surface area contributed by atoms with E-state index in [2.05, 4.69) is 11.1 Å². The lowest BCUT2D eigenvalue weighted by Gasteiger charge is -2.42. The number of rotatable bonds is 5. The second-order valence-corrected chi connectivity index (χ2v) is 5.79. The zero-order valence-electron chi connectivity index (χ0n) is 11.0. The highest BCUT2D eigenvalue weighted by molar-refractivity contribution is 7.99. The van der Waals surface area contributed by atoms with E-state index in [0.29, 0.717) is 5.75 Å². The second kappa shape index (κ2) is 6.07. The number of hydrogen-bond acceptors (Lipinski definition) is 4. The minimum atomic E-state index is -0.536. The van der Waals surface area contributed by atoms with Crippen LogP contribution in [0, 0.1) is 11.3 Å². The van der Waals surface area contributed by atoms with Crippen molar-refractivity contribution in [2.75, 3.05) is 12.8 Å². The van der Waals surface area contributed by atoms with Crippen LogP contribution in [0.4, 0.5) is 0 Å². The van der Waals surface area contributed by atoms with Gasteiger partial charge < -0.3 is 4.90 Å². The summed E-state index contributed by atoms with van der Waals surface area (Å²) in [6, 6.07) is 6.18. The number of nitrogens with zero attached hydrogens (tertiary/aromatic N) is 3. The molecule has 5 heteroatoms. The normalized spacial score (nSPS) is 16.2. The highest BCUT2D eigenvalue weighted by atomic mass is 32.2. The van der Waals surface area contributed by atoms with Gasteiger partial charge in [-0.05, 0) is 30.9 Å². The predicted octanol–water partition coefficient (Wildman–Crippen LogP) is 2.22. The van der Waals surface area contributed by atoms with Crippen molar-refractivity contribution in [3.05, 3.63) is 30.1 Å². The Balaban J connectivity index is 1.80. The molecule has 1 aliphatic carbocycles. The zero-order chi connectivity index (χ0) is 13.7. The number of carbonyl (C=O) groups is 1. The molecule has 1 heterocycles. The molecule has 0 spiro atoms. The zero-order valence-corrected chi connectivity index (χ0v) is 11.8. The van der Waals surface area contributed by atoms with Gasteiger partial charge in [-0.3, -0.25) is 9.78 Å². The molecule has 0 aromatic carbocycles. The number of pyridine rings is 1. The van der Waals surface area contributed by atoms with Gasteiger partial charge in [-0.15, -0.1) is 11.8 Å². The molecule has 0 saturated heterocycles. The number of carbonyl (C=O) groups excluding carboxylic acids is 1. The van der Waals surface area contributed by atoms with Gasteiger partial charge in [0.1, 0.15) is 5.54 Å². The van der Waals surface area contributed by atoms with Gasteiger partial charge in [-0.25, -0.2) is 0 Å². The summed E-state index contributed by atoms with van der Waals surface area (Å²) in [7, 11) is 1.75. The lowest BCUT2D eigenvalue weighted by molar-refractivity contribution is -0.133. The van der Waals surface area contributed by atoms with Crippen molar-refractivity contribution >= 4 is 17.7 Å². The molecule has 0 aliphatic heterocycles. The van der Waals surface area contributed by atoms with Gasteiger partial charge in [0.15, 0.2) is 0 Å². The molecule has 4 nitrogen and oxygen atoms in total. The highest BCUT2D eigenvalue weighted by Gasteiger charge is 2.43. The maximum Gasteiger partial charge on any atom is 0.233 e. The van der Waals surface area contributed by atoms with E-state index in [1.54, 1.807) is 29.9 Å². The molecule has 1 amide bonds. The van der Waals surface area contributed by atoms with Crippen LogP contribution in [0.25, 0.3) is 0 Å². The first-order valence-corrected chi connectivity index (χ1v) is 7.48. The van der Waals surface area contributed by atoms with E-state index in [4.69, 9.17) is 0 Å². The fourth-order valence-electron chi connectivity index (χ4n) is 2.11. The summed E-state index contributed by atoms with van der Waals surface area (Å²) in [5.74, 6) is 1.22. The molecular formula is C14H17N3OS. The average Bonchev–Trinajstić information content (AvgIpc) is 2.39. The molecule has 100 valence electrons. The third kappa shape index (κ3) is 3.07. The van der Waals surface area contributed by atoms with Gasteiger partial charge in [0.2, 0.25) is 5.91 Å². The van der Waals surface area contributed by atoms with Crippen LogP contribution in [0.2, 0.25) is 0 Å². The molecule has 1 aromatic rings. The van der Waals surface area contributed by atoms with E-state index >= 15 is 0 Å². The minimum Gasteiger partial charge on any atom is -0.326 e. The second-order valence-electron chi connectivity index (χ2n) is 4.80. The molecule has 0 atom stereocenters. The lowest BCUT2D eigenvalue weighted by Crippen LogP contribution is -2.53. The van der Waals surface area contributed by atoms with Gasteiger partial charge in [-0.2, -0.15) is 5.26 Å². The fraction of sp³-hybridized carbons (Fsp3) is 0.500. The van der Waals surface area contributed by atoms with E-state index < -0.39 is 5.54 Å². The van der Waals surface area contributed by atoms with E-state index in [1.165, 1.54) is 0 Å². The van der Waals surface area contributed by atoms with Crippen LogP contribution in [0.1, 0.15) is 24.8 Å². The molecular weight excluding hydrogens is 258 g/mol. The molecule has 0 unspecified atom stereocenters. The van der Waals surface area contributed by atoms with Gasteiger partial charge in [-0.1, -0.05) is 6.07 Å².